The molecule has 0 aliphatic carbocycles. The maximum absolute atomic E-state index is 12.1. The molecule has 2 rings (SSSR count). The third kappa shape index (κ3) is 4.92. The predicted molar refractivity (Wildman–Crippen MR) is 89.2 cm³/mol. The van der Waals surface area contributed by atoms with Gasteiger partial charge in [0.2, 0.25) is 5.91 Å². The van der Waals surface area contributed by atoms with Crippen molar-refractivity contribution in [1.29, 1.82) is 0 Å². The molecule has 2 aromatic rings. The van der Waals surface area contributed by atoms with Gasteiger partial charge in [-0.2, -0.15) is 0 Å². The number of nitrogens with zero attached hydrogens (tertiary/aromatic N) is 1. The van der Waals surface area contributed by atoms with E-state index in [0.717, 1.165) is 10.0 Å². The molecule has 116 valence electrons. The molecule has 22 heavy (non-hydrogen) atoms. The molecule has 0 unspecified atom stereocenters. The van der Waals surface area contributed by atoms with E-state index in [1.54, 1.807) is 43.5 Å². The zero-order chi connectivity index (χ0) is 16.2. The van der Waals surface area contributed by atoms with E-state index in [1.165, 1.54) is 0 Å². The second-order valence-corrected chi connectivity index (χ2v) is 7.86. The Morgan fingerprint density at radius 2 is 2.05 bits per heavy atom. The van der Waals surface area contributed by atoms with Crippen LogP contribution in [-0.4, -0.2) is 25.1 Å². The molecule has 1 aromatic carbocycles. The molecule has 1 heterocycles. The molecule has 0 saturated heterocycles. The highest BCUT2D eigenvalue weighted by Crippen LogP contribution is 2.15. The molecule has 5 nitrogen and oxygen atoms in total. The number of aromatic nitrogens is 1. The highest BCUT2D eigenvalue weighted by atomic mass is 79.9. The summed E-state index contributed by atoms with van der Waals surface area (Å²) in [6.45, 7) is 1.79. The Bertz CT molecular complexity index is 791. The average molecular weight is 383 g/mol. The zero-order valence-corrected chi connectivity index (χ0v) is 14.3. The van der Waals surface area contributed by atoms with Crippen LogP contribution in [0.25, 0.3) is 0 Å². The number of carbonyl (C=O) groups excluding carboxylic acids is 1. The van der Waals surface area contributed by atoms with Crippen LogP contribution in [0.2, 0.25) is 0 Å². The van der Waals surface area contributed by atoms with Crippen LogP contribution in [0.5, 0.6) is 0 Å². The van der Waals surface area contributed by atoms with Crippen LogP contribution in [-0.2, 0) is 20.4 Å². The van der Waals surface area contributed by atoms with Crippen LogP contribution in [0.4, 0.5) is 5.82 Å². The number of nitrogens with one attached hydrogen (secondary N) is 1. The average Bonchev–Trinajstić information content (AvgIpc) is 2.40. The van der Waals surface area contributed by atoms with Crippen molar-refractivity contribution in [2.24, 2.45) is 0 Å². The van der Waals surface area contributed by atoms with Crippen LogP contribution in [0.3, 0.4) is 0 Å². The fraction of sp³-hybridized carbons (Fsp3) is 0.200. The molecule has 0 aliphatic heterocycles. The molecule has 0 saturated carbocycles. The van der Waals surface area contributed by atoms with Gasteiger partial charge in [-0.1, -0.05) is 34.1 Å². The van der Waals surface area contributed by atoms with E-state index in [9.17, 15) is 13.2 Å². The molecule has 0 atom stereocenters. The van der Waals surface area contributed by atoms with Crippen molar-refractivity contribution in [1.82, 2.24) is 4.98 Å². The number of anilines is 1. The molecule has 1 aromatic heterocycles. The monoisotopic (exact) mass is 382 g/mol. The van der Waals surface area contributed by atoms with Gasteiger partial charge in [-0.15, -0.1) is 0 Å². The number of aryl methyl sites for hydroxylation is 1. The van der Waals surface area contributed by atoms with Gasteiger partial charge in [0.1, 0.15) is 11.6 Å². The first-order valence-corrected chi connectivity index (χ1v) is 9.13. The van der Waals surface area contributed by atoms with Gasteiger partial charge in [0.15, 0.2) is 9.84 Å². The van der Waals surface area contributed by atoms with Gasteiger partial charge in [-0.05, 0) is 36.2 Å². The largest absolute Gasteiger partial charge is 0.310 e. The summed E-state index contributed by atoms with van der Waals surface area (Å²) in [6.07, 6.45) is 1.54. The van der Waals surface area contributed by atoms with Crippen molar-refractivity contribution >= 4 is 37.5 Å². The maximum Gasteiger partial charge on any atom is 0.240 e. The van der Waals surface area contributed by atoms with E-state index in [2.05, 4.69) is 26.2 Å². The number of halogens is 1. The van der Waals surface area contributed by atoms with Gasteiger partial charge in [0.05, 0.1) is 5.75 Å². The first-order valence-electron chi connectivity index (χ1n) is 6.52. The molecule has 0 bridgehead atoms. The van der Waals surface area contributed by atoms with E-state index in [-0.39, 0.29) is 5.75 Å². The molecule has 7 heteroatoms. The number of benzene rings is 1. The summed E-state index contributed by atoms with van der Waals surface area (Å²) in [6, 6.07) is 10.5. The predicted octanol–water partition coefficient (Wildman–Crippen LogP) is 2.71. The minimum absolute atomic E-state index is 0.180. The lowest BCUT2D eigenvalue weighted by molar-refractivity contribution is -0.113. The molecule has 0 fully saturated rings. The first-order chi connectivity index (χ1) is 10.4. The molecule has 0 radical (unpaired) electrons. The van der Waals surface area contributed by atoms with Gasteiger partial charge in [-0.3, -0.25) is 4.79 Å². The highest BCUT2D eigenvalue weighted by Gasteiger charge is 2.18. The van der Waals surface area contributed by atoms with Crippen molar-refractivity contribution < 1.29 is 13.2 Å². The quantitative estimate of drug-likeness (QED) is 0.862. The number of rotatable bonds is 5. The normalized spacial score (nSPS) is 11.2. The lowest BCUT2D eigenvalue weighted by atomic mass is 10.2. The number of amides is 1. The number of carbonyl (C=O) groups is 1. The van der Waals surface area contributed by atoms with Crippen molar-refractivity contribution in [3.63, 3.8) is 0 Å². The molecular weight excluding hydrogens is 368 g/mol. The smallest absolute Gasteiger partial charge is 0.240 e. The van der Waals surface area contributed by atoms with Crippen molar-refractivity contribution in [3.8, 4) is 0 Å². The first kappa shape index (κ1) is 16.6. The summed E-state index contributed by atoms with van der Waals surface area (Å²) >= 11 is 3.29. The topological polar surface area (TPSA) is 76.1 Å². The van der Waals surface area contributed by atoms with Gasteiger partial charge in [-0.25, -0.2) is 13.4 Å². The summed E-state index contributed by atoms with van der Waals surface area (Å²) in [4.78, 5) is 15.9. The minimum Gasteiger partial charge on any atom is -0.310 e. The van der Waals surface area contributed by atoms with Crippen LogP contribution < -0.4 is 5.32 Å². The molecule has 0 spiro atoms. The Morgan fingerprint density at radius 1 is 1.27 bits per heavy atom. The number of pyridine rings is 1. The highest BCUT2D eigenvalue weighted by molar-refractivity contribution is 9.10. The van der Waals surface area contributed by atoms with Crippen LogP contribution in [0.15, 0.2) is 47.1 Å². The Balaban J connectivity index is 2.02. The summed E-state index contributed by atoms with van der Waals surface area (Å²) in [5, 5.41) is 2.52. The molecule has 1 amide bonds. The van der Waals surface area contributed by atoms with Gasteiger partial charge < -0.3 is 5.32 Å². The second kappa shape index (κ2) is 7.02. The lowest BCUT2D eigenvalue weighted by Gasteiger charge is -2.08. The van der Waals surface area contributed by atoms with Crippen LogP contribution in [0.1, 0.15) is 11.1 Å². The van der Waals surface area contributed by atoms with E-state index in [1.807, 2.05) is 6.07 Å². The standard InChI is InChI=1S/C15H15BrN2O3S/c1-11-4-3-7-17-15(11)18-14(19)10-22(20,21)9-12-5-2-6-13(16)8-12/h2-8H,9-10H2,1H3,(H,17,18,19). The maximum atomic E-state index is 12.1. The Hall–Kier alpha value is -1.73. The van der Waals surface area contributed by atoms with E-state index >= 15 is 0 Å². The Labute approximate surface area is 137 Å². The lowest BCUT2D eigenvalue weighted by Crippen LogP contribution is -2.24. The van der Waals surface area contributed by atoms with E-state index in [4.69, 9.17) is 0 Å². The molecule has 0 aliphatic rings. The summed E-state index contributed by atoms with van der Waals surface area (Å²) in [5.74, 6) is -0.960. The van der Waals surface area contributed by atoms with Gasteiger partial charge >= 0.3 is 0 Å². The Kier molecular flexibility index (Phi) is 5.31. The fourth-order valence-corrected chi connectivity index (χ4v) is 3.62. The summed E-state index contributed by atoms with van der Waals surface area (Å²) in [5.41, 5.74) is 1.41. The van der Waals surface area contributed by atoms with E-state index in [0.29, 0.717) is 11.4 Å². The number of sulfone groups is 1. The second-order valence-electron chi connectivity index (χ2n) is 4.88. The van der Waals surface area contributed by atoms with Crippen molar-refractivity contribution in [2.45, 2.75) is 12.7 Å². The SMILES string of the molecule is Cc1cccnc1NC(=O)CS(=O)(=O)Cc1cccc(Br)c1. The summed E-state index contributed by atoms with van der Waals surface area (Å²) < 4.78 is 25.0. The Morgan fingerprint density at radius 3 is 2.73 bits per heavy atom. The fourth-order valence-electron chi connectivity index (χ4n) is 1.92. The van der Waals surface area contributed by atoms with Crippen molar-refractivity contribution in [2.75, 3.05) is 11.1 Å². The van der Waals surface area contributed by atoms with Crippen molar-refractivity contribution in [3.05, 3.63) is 58.2 Å². The minimum atomic E-state index is -3.54. The zero-order valence-electron chi connectivity index (χ0n) is 11.9. The number of hydrogen-bond acceptors (Lipinski definition) is 4. The molecular formula is C15H15BrN2O3S. The third-order valence-electron chi connectivity index (χ3n) is 2.89. The van der Waals surface area contributed by atoms with Crippen LogP contribution >= 0.6 is 15.9 Å². The number of hydrogen-bond donors (Lipinski definition) is 1. The van der Waals surface area contributed by atoms with E-state index < -0.39 is 21.5 Å². The van der Waals surface area contributed by atoms with Gasteiger partial charge in [0.25, 0.3) is 0 Å². The molecule has 1 N–H and O–H groups in total. The summed E-state index contributed by atoms with van der Waals surface area (Å²) in [7, 11) is -3.54. The third-order valence-corrected chi connectivity index (χ3v) is 4.86. The van der Waals surface area contributed by atoms with Gasteiger partial charge in [0, 0.05) is 10.7 Å². The van der Waals surface area contributed by atoms with Crippen LogP contribution in [0, 0.1) is 6.92 Å².